The van der Waals surface area contributed by atoms with Gasteiger partial charge in [0.25, 0.3) is 0 Å². The zero-order valence-corrected chi connectivity index (χ0v) is 20.4. The lowest BCUT2D eigenvalue weighted by Gasteiger charge is -2.40. The molecule has 0 heterocycles. The number of hydrogen-bond acceptors (Lipinski definition) is 3. The second-order valence-corrected chi connectivity index (χ2v) is 8.20. The first-order valence-electron chi connectivity index (χ1n) is 12.4. The van der Waals surface area contributed by atoms with E-state index >= 15 is 0 Å². The Morgan fingerprint density at radius 1 is 0.844 bits per heavy atom. The average Bonchev–Trinajstić information content (AvgIpc) is 2.83. The Morgan fingerprint density at radius 3 is 2.19 bits per heavy atom. The van der Waals surface area contributed by atoms with E-state index in [1.807, 2.05) is 50.3 Å². The van der Waals surface area contributed by atoms with E-state index in [2.05, 4.69) is 37.8 Å². The molecule has 0 amide bonds. The predicted molar refractivity (Wildman–Crippen MR) is 134 cm³/mol. The largest absolute Gasteiger partial charge is 0.368 e. The highest BCUT2D eigenvalue weighted by atomic mass is 16.7. The van der Waals surface area contributed by atoms with Crippen molar-refractivity contribution in [1.82, 2.24) is 0 Å². The van der Waals surface area contributed by atoms with E-state index in [4.69, 9.17) is 14.2 Å². The number of unbranched alkanes of at least 4 members (excludes halogenated alkanes) is 5. The summed E-state index contributed by atoms with van der Waals surface area (Å²) in [6.45, 7) is 11.8. The maximum Gasteiger partial charge on any atom is 0.222 e. The van der Waals surface area contributed by atoms with Crippen molar-refractivity contribution < 1.29 is 14.2 Å². The summed E-state index contributed by atoms with van der Waals surface area (Å²) in [5.74, 6) is -0.944. The monoisotopic (exact) mass is 438 g/mol. The number of rotatable bonds is 17. The summed E-state index contributed by atoms with van der Waals surface area (Å²) >= 11 is 0. The fraction of sp³-hybridized carbons (Fsp3) is 0.517. The van der Waals surface area contributed by atoms with Crippen LogP contribution in [0.25, 0.3) is 6.08 Å². The molecule has 1 unspecified atom stereocenters. The van der Waals surface area contributed by atoms with Crippen LogP contribution in [0.3, 0.4) is 0 Å². The molecule has 2 rings (SSSR count). The van der Waals surface area contributed by atoms with Crippen molar-refractivity contribution in [3.8, 4) is 0 Å². The molecule has 0 saturated carbocycles. The molecule has 0 saturated heterocycles. The Balaban J connectivity index is 2.30. The van der Waals surface area contributed by atoms with Crippen molar-refractivity contribution >= 4 is 6.08 Å². The van der Waals surface area contributed by atoms with Gasteiger partial charge in [0.15, 0.2) is 0 Å². The van der Waals surface area contributed by atoms with Gasteiger partial charge >= 0.3 is 0 Å². The lowest BCUT2D eigenvalue weighted by Crippen LogP contribution is -2.46. The summed E-state index contributed by atoms with van der Waals surface area (Å²) in [6, 6.07) is 18.6. The molecule has 0 radical (unpaired) electrons. The van der Waals surface area contributed by atoms with Crippen LogP contribution >= 0.6 is 0 Å². The Hall–Kier alpha value is -1.94. The van der Waals surface area contributed by atoms with Crippen molar-refractivity contribution in [3.63, 3.8) is 0 Å². The molecule has 0 spiro atoms. The number of hydrogen-bond donors (Lipinski definition) is 0. The van der Waals surface area contributed by atoms with E-state index < -0.39 is 5.79 Å². The molecule has 2 aromatic rings. The van der Waals surface area contributed by atoms with Crippen molar-refractivity contribution in [2.75, 3.05) is 13.2 Å². The third kappa shape index (κ3) is 7.88. The first-order valence-corrected chi connectivity index (χ1v) is 12.4. The maximum absolute atomic E-state index is 6.58. The highest BCUT2D eigenvalue weighted by Crippen LogP contribution is 2.37. The molecule has 3 heteroatoms. The van der Waals surface area contributed by atoms with E-state index in [9.17, 15) is 0 Å². The van der Waals surface area contributed by atoms with Crippen LogP contribution in [0.5, 0.6) is 0 Å². The summed E-state index contributed by atoms with van der Waals surface area (Å²) < 4.78 is 19.4. The van der Waals surface area contributed by atoms with Gasteiger partial charge in [0, 0.05) is 18.8 Å². The van der Waals surface area contributed by atoms with Crippen LogP contribution in [0.4, 0.5) is 0 Å². The minimum atomic E-state index is -0.944. The molecule has 0 bridgehead atoms. The molecule has 0 aromatic heterocycles. The maximum atomic E-state index is 6.58. The zero-order valence-electron chi connectivity index (χ0n) is 20.4. The van der Waals surface area contributed by atoms with Crippen LogP contribution in [0.2, 0.25) is 0 Å². The van der Waals surface area contributed by atoms with E-state index in [-0.39, 0.29) is 6.10 Å². The van der Waals surface area contributed by atoms with E-state index in [0.29, 0.717) is 19.8 Å². The molecule has 0 fully saturated rings. The number of benzene rings is 2. The molecule has 0 N–H and O–H groups in total. The van der Waals surface area contributed by atoms with Crippen LogP contribution in [0.15, 0.2) is 61.2 Å². The van der Waals surface area contributed by atoms with E-state index in [0.717, 1.165) is 29.5 Å². The van der Waals surface area contributed by atoms with Crippen LogP contribution in [0.1, 0.15) is 82.4 Å². The Bertz CT molecular complexity index is 750. The van der Waals surface area contributed by atoms with Gasteiger partial charge in [-0.1, -0.05) is 107 Å². The zero-order chi connectivity index (χ0) is 23.1. The van der Waals surface area contributed by atoms with Gasteiger partial charge < -0.3 is 14.2 Å². The average molecular weight is 439 g/mol. The number of ether oxygens (including phenoxy) is 3. The van der Waals surface area contributed by atoms with E-state index in [1.165, 1.54) is 32.1 Å². The van der Waals surface area contributed by atoms with Gasteiger partial charge in [0.05, 0.1) is 6.61 Å². The fourth-order valence-corrected chi connectivity index (χ4v) is 4.16. The van der Waals surface area contributed by atoms with Crippen LogP contribution in [-0.2, 0) is 26.6 Å². The molecule has 0 aliphatic rings. The quantitative estimate of drug-likeness (QED) is 0.186. The summed E-state index contributed by atoms with van der Waals surface area (Å²) in [5, 5.41) is 0. The van der Waals surface area contributed by atoms with Crippen molar-refractivity contribution in [1.29, 1.82) is 0 Å². The van der Waals surface area contributed by atoms with Gasteiger partial charge in [-0.05, 0) is 37.5 Å². The van der Waals surface area contributed by atoms with Crippen molar-refractivity contribution in [3.05, 3.63) is 77.9 Å². The molecule has 0 aliphatic carbocycles. The van der Waals surface area contributed by atoms with Gasteiger partial charge in [-0.3, -0.25) is 0 Å². The molecule has 176 valence electrons. The summed E-state index contributed by atoms with van der Waals surface area (Å²) in [7, 11) is 0. The first-order chi connectivity index (χ1) is 15.7. The van der Waals surface area contributed by atoms with Crippen LogP contribution < -0.4 is 0 Å². The Labute approximate surface area is 195 Å². The summed E-state index contributed by atoms with van der Waals surface area (Å²) in [5.41, 5.74) is 3.19. The summed E-state index contributed by atoms with van der Waals surface area (Å²) in [4.78, 5) is 0. The minimum Gasteiger partial charge on any atom is -0.368 e. The smallest absolute Gasteiger partial charge is 0.222 e. The predicted octanol–water partition coefficient (Wildman–Crippen LogP) is 7.89. The van der Waals surface area contributed by atoms with Crippen molar-refractivity contribution in [2.45, 2.75) is 84.2 Å². The van der Waals surface area contributed by atoms with Gasteiger partial charge in [-0.25, -0.2) is 0 Å². The molecule has 2 aromatic carbocycles. The lowest BCUT2D eigenvalue weighted by molar-refractivity contribution is -0.302. The minimum absolute atomic E-state index is 0.214. The van der Waals surface area contributed by atoms with Gasteiger partial charge in [0.1, 0.15) is 6.10 Å². The van der Waals surface area contributed by atoms with Crippen LogP contribution in [0, 0.1) is 0 Å². The lowest BCUT2D eigenvalue weighted by atomic mass is 9.93. The highest BCUT2D eigenvalue weighted by Gasteiger charge is 2.43. The Kier molecular flexibility index (Phi) is 12.3. The summed E-state index contributed by atoms with van der Waals surface area (Å²) in [6.07, 6.45) is 9.96. The topological polar surface area (TPSA) is 27.7 Å². The van der Waals surface area contributed by atoms with Gasteiger partial charge in [-0.2, -0.15) is 0 Å². The Morgan fingerprint density at radius 2 is 1.53 bits per heavy atom. The van der Waals surface area contributed by atoms with E-state index in [1.54, 1.807) is 0 Å². The normalized spacial score (nSPS) is 12.6. The standard InChI is InChI=1S/C29H42O3/c1-5-9-10-11-12-16-22-28(30-24-26-18-14-13-15-19-26)29(31-7-3,32-8-4)27-21-17-20-25(6-2)23-27/h6,13-15,17-21,23,28H,2,5,7-12,16,22,24H2,1,3-4H3. The molecule has 1 atom stereocenters. The van der Waals surface area contributed by atoms with Crippen molar-refractivity contribution in [2.24, 2.45) is 0 Å². The molecule has 32 heavy (non-hydrogen) atoms. The molecule has 3 nitrogen and oxygen atoms in total. The van der Waals surface area contributed by atoms with Crippen LogP contribution in [-0.4, -0.2) is 19.3 Å². The fourth-order valence-electron chi connectivity index (χ4n) is 4.16. The first kappa shape index (κ1) is 26.3. The second-order valence-electron chi connectivity index (χ2n) is 8.20. The van der Waals surface area contributed by atoms with Gasteiger partial charge in [0.2, 0.25) is 5.79 Å². The third-order valence-corrected chi connectivity index (χ3v) is 5.78. The molecular formula is C29H42O3. The van der Waals surface area contributed by atoms with Gasteiger partial charge in [-0.15, -0.1) is 0 Å². The third-order valence-electron chi connectivity index (χ3n) is 5.78. The SMILES string of the molecule is C=Cc1cccc(C(OCC)(OCC)C(CCCCCCCC)OCc2ccccc2)c1. The molecular weight excluding hydrogens is 396 g/mol. The highest BCUT2D eigenvalue weighted by molar-refractivity contribution is 5.48. The second kappa shape index (κ2) is 15.0. The molecule has 0 aliphatic heterocycles.